The molecule has 0 saturated heterocycles. The van der Waals surface area contributed by atoms with Crippen molar-refractivity contribution in [3.05, 3.63) is 24.2 Å². The first-order valence-electron chi connectivity index (χ1n) is 4.56. The number of carbonyl (C=O) groups is 1. The van der Waals surface area contributed by atoms with Gasteiger partial charge in [-0.1, -0.05) is 0 Å². The number of furan rings is 1. The van der Waals surface area contributed by atoms with Gasteiger partial charge in [-0.3, -0.25) is 0 Å². The summed E-state index contributed by atoms with van der Waals surface area (Å²) in [6.45, 7) is -0.133. The van der Waals surface area contributed by atoms with Crippen molar-refractivity contribution >= 4 is 27.9 Å². The molecule has 96 valence electrons. The molecule has 2 N–H and O–H groups in total. The Morgan fingerprint density at radius 3 is 2.88 bits per heavy atom. The summed E-state index contributed by atoms with van der Waals surface area (Å²) in [6.07, 6.45) is 0.323. The number of nitrogens with one attached hydrogen (secondary N) is 2. The minimum atomic E-state index is -3.96. The standard InChI is InChI=1S/C8H11ClN2O5S/c9-3-5-16-8(12)11-17(13,14)10-6-7-2-1-4-15-7/h1-2,4,10H,3,5-6H2,(H,11,12). The molecule has 1 aromatic heterocycles. The molecule has 0 atom stereocenters. The second-order valence-electron chi connectivity index (χ2n) is 2.83. The Morgan fingerprint density at radius 2 is 2.29 bits per heavy atom. The zero-order valence-electron chi connectivity index (χ0n) is 8.68. The molecule has 0 bridgehead atoms. The molecule has 17 heavy (non-hydrogen) atoms. The van der Waals surface area contributed by atoms with Gasteiger partial charge in [0.25, 0.3) is 0 Å². The fourth-order valence-corrected chi connectivity index (χ4v) is 1.65. The molecule has 1 heterocycles. The van der Waals surface area contributed by atoms with E-state index in [-0.39, 0.29) is 19.0 Å². The van der Waals surface area contributed by atoms with E-state index in [0.29, 0.717) is 5.76 Å². The minimum Gasteiger partial charge on any atom is -0.468 e. The molecular weight excluding hydrogens is 272 g/mol. The zero-order chi connectivity index (χ0) is 12.7. The average Bonchev–Trinajstić information content (AvgIpc) is 2.76. The minimum absolute atomic E-state index is 0.0644. The van der Waals surface area contributed by atoms with Crippen LogP contribution in [0, 0.1) is 0 Å². The topological polar surface area (TPSA) is 97.6 Å². The van der Waals surface area contributed by atoms with Gasteiger partial charge in [-0.05, 0) is 12.1 Å². The Morgan fingerprint density at radius 1 is 1.53 bits per heavy atom. The van der Waals surface area contributed by atoms with Crippen molar-refractivity contribution in [2.45, 2.75) is 6.54 Å². The molecule has 1 aromatic rings. The third-order valence-corrected chi connectivity index (χ3v) is 2.66. The van der Waals surface area contributed by atoms with Crippen LogP contribution in [0.1, 0.15) is 5.76 Å². The van der Waals surface area contributed by atoms with E-state index in [2.05, 4.69) is 9.46 Å². The first-order chi connectivity index (χ1) is 8.03. The summed E-state index contributed by atoms with van der Waals surface area (Å²) in [4.78, 5) is 10.9. The van der Waals surface area contributed by atoms with Gasteiger partial charge in [-0.2, -0.15) is 13.1 Å². The third kappa shape index (κ3) is 5.57. The van der Waals surface area contributed by atoms with Gasteiger partial charge in [-0.25, -0.2) is 9.52 Å². The number of hydrogen-bond donors (Lipinski definition) is 2. The predicted octanol–water partition coefficient (Wildman–Crippen LogP) is 0.579. The lowest BCUT2D eigenvalue weighted by Crippen LogP contribution is -2.40. The number of carbonyl (C=O) groups excluding carboxylic acids is 1. The molecule has 0 saturated carbocycles. The van der Waals surface area contributed by atoms with Gasteiger partial charge >= 0.3 is 16.3 Å². The van der Waals surface area contributed by atoms with E-state index < -0.39 is 16.3 Å². The number of halogens is 1. The SMILES string of the molecule is O=C(NS(=O)(=O)NCc1ccco1)OCCCl. The average molecular weight is 283 g/mol. The lowest BCUT2D eigenvalue weighted by Gasteiger charge is -2.07. The van der Waals surface area contributed by atoms with Crippen LogP contribution in [-0.4, -0.2) is 27.0 Å². The molecule has 0 aliphatic rings. The maximum Gasteiger partial charge on any atom is 0.421 e. The highest BCUT2D eigenvalue weighted by molar-refractivity contribution is 7.88. The summed E-state index contributed by atoms with van der Waals surface area (Å²) in [5.41, 5.74) is 0. The summed E-state index contributed by atoms with van der Waals surface area (Å²) < 4.78 is 35.7. The summed E-state index contributed by atoms with van der Waals surface area (Å²) >= 11 is 5.26. The molecule has 0 unspecified atom stereocenters. The van der Waals surface area contributed by atoms with Crippen LogP contribution in [0.3, 0.4) is 0 Å². The molecule has 0 aromatic carbocycles. The van der Waals surface area contributed by atoms with Crippen LogP contribution in [-0.2, 0) is 21.5 Å². The summed E-state index contributed by atoms with van der Waals surface area (Å²) in [5.74, 6) is 0.511. The van der Waals surface area contributed by atoms with Crippen LogP contribution < -0.4 is 9.44 Å². The van der Waals surface area contributed by atoms with Crippen LogP contribution >= 0.6 is 11.6 Å². The zero-order valence-corrected chi connectivity index (χ0v) is 10.3. The highest BCUT2D eigenvalue weighted by atomic mass is 35.5. The number of alkyl halides is 1. The van der Waals surface area contributed by atoms with Crippen LogP contribution in [0.4, 0.5) is 4.79 Å². The highest BCUT2D eigenvalue weighted by Gasteiger charge is 2.15. The number of amides is 1. The first-order valence-corrected chi connectivity index (χ1v) is 6.58. The van der Waals surface area contributed by atoms with E-state index in [4.69, 9.17) is 16.0 Å². The molecule has 1 rings (SSSR count). The number of hydrogen-bond acceptors (Lipinski definition) is 5. The van der Waals surface area contributed by atoms with Crippen molar-refractivity contribution in [1.82, 2.24) is 9.44 Å². The van der Waals surface area contributed by atoms with Gasteiger partial charge in [0.15, 0.2) is 0 Å². The van der Waals surface area contributed by atoms with Crippen molar-refractivity contribution < 1.29 is 22.4 Å². The second-order valence-corrected chi connectivity index (χ2v) is 4.71. The van der Waals surface area contributed by atoms with Gasteiger partial charge in [0, 0.05) is 0 Å². The van der Waals surface area contributed by atoms with Crippen molar-refractivity contribution in [1.29, 1.82) is 0 Å². The molecule has 0 fully saturated rings. The molecule has 0 aliphatic heterocycles. The maximum absolute atomic E-state index is 11.3. The summed E-state index contributed by atoms with van der Waals surface area (Å²) in [6, 6.07) is 3.21. The van der Waals surface area contributed by atoms with E-state index in [1.165, 1.54) is 6.26 Å². The largest absolute Gasteiger partial charge is 0.468 e. The normalized spacial score (nSPS) is 11.1. The third-order valence-electron chi connectivity index (χ3n) is 1.54. The molecule has 0 aliphatic carbocycles. The molecule has 0 radical (unpaired) electrons. The summed E-state index contributed by atoms with van der Waals surface area (Å²) in [7, 11) is -3.96. The number of ether oxygens (including phenoxy) is 1. The Bertz CT molecular complexity index is 444. The van der Waals surface area contributed by atoms with Crippen molar-refractivity contribution in [3.63, 3.8) is 0 Å². The van der Waals surface area contributed by atoms with Crippen LogP contribution in [0.25, 0.3) is 0 Å². The van der Waals surface area contributed by atoms with Gasteiger partial charge < -0.3 is 9.15 Å². The van der Waals surface area contributed by atoms with E-state index in [1.54, 1.807) is 16.9 Å². The Kier molecular flexibility index (Phi) is 5.26. The van der Waals surface area contributed by atoms with E-state index in [9.17, 15) is 13.2 Å². The first kappa shape index (κ1) is 13.8. The number of rotatable bonds is 6. The van der Waals surface area contributed by atoms with Crippen LogP contribution in [0.15, 0.2) is 22.8 Å². The van der Waals surface area contributed by atoms with Crippen molar-refractivity contribution in [2.75, 3.05) is 12.5 Å². The predicted molar refractivity (Wildman–Crippen MR) is 59.7 cm³/mol. The van der Waals surface area contributed by atoms with E-state index in [0.717, 1.165) is 0 Å². The molecule has 9 heteroatoms. The van der Waals surface area contributed by atoms with Crippen molar-refractivity contribution in [3.8, 4) is 0 Å². The quantitative estimate of drug-likeness (QED) is 0.744. The smallest absolute Gasteiger partial charge is 0.421 e. The lowest BCUT2D eigenvalue weighted by molar-refractivity contribution is 0.159. The summed E-state index contributed by atoms with van der Waals surface area (Å²) in [5, 5.41) is 0. The highest BCUT2D eigenvalue weighted by Crippen LogP contribution is 1.99. The van der Waals surface area contributed by atoms with Gasteiger partial charge in [0.05, 0.1) is 18.7 Å². The Labute approximate surface area is 103 Å². The second kappa shape index (κ2) is 6.48. The monoisotopic (exact) mass is 282 g/mol. The van der Waals surface area contributed by atoms with E-state index in [1.807, 2.05) is 0 Å². The molecule has 0 spiro atoms. The van der Waals surface area contributed by atoms with Gasteiger partial charge in [0.2, 0.25) is 0 Å². The molecular formula is C8H11ClN2O5S. The van der Waals surface area contributed by atoms with Gasteiger partial charge in [0.1, 0.15) is 12.4 Å². The fourth-order valence-electron chi connectivity index (χ4n) is 0.886. The van der Waals surface area contributed by atoms with Crippen molar-refractivity contribution in [2.24, 2.45) is 0 Å². The Balaban J connectivity index is 2.38. The van der Waals surface area contributed by atoms with Crippen LogP contribution in [0.2, 0.25) is 0 Å². The van der Waals surface area contributed by atoms with Crippen LogP contribution in [0.5, 0.6) is 0 Å². The lowest BCUT2D eigenvalue weighted by atomic mass is 10.5. The van der Waals surface area contributed by atoms with Gasteiger partial charge in [-0.15, -0.1) is 11.6 Å². The maximum atomic E-state index is 11.3. The Hall–Kier alpha value is -1.25. The van der Waals surface area contributed by atoms with E-state index >= 15 is 0 Å². The molecule has 7 nitrogen and oxygen atoms in total. The fraction of sp³-hybridized carbons (Fsp3) is 0.375. The molecule has 1 amide bonds.